The van der Waals surface area contributed by atoms with Gasteiger partial charge >= 0.3 is 0 Å². The van der Waals surface area contributed by atoms with Crippen molar-refractivity contribution in [2.45, 2.75) is 26.3 Å². The standard InChI is InChI=1S/C25H21N5S/c1-25(2,3)29-24-23(28-22-16-26-13-14-30(22)24)21-11-9-19(31-21)8-6-17-7-10-20-18(15-17)5-4-12-27-20/h4-5,7,9-16,29H,1-3H3. The maximum Gasteiger partial charge on any atom is 0.157 e. The van der Waals surface area contributed by atoms with Gasteiger partial charge in [0, 0.05) is 35.1 Å². The lowest BCUT2D eigenvalue weighted by Crippen LogP contribution is -2.27. The number of hydrogen-bond acceptors (Lipinski definition) is 5. The number of pyridine rings is 1. The fourth-order valence-corrected chi connectivity index (χ4v) is 4.22. The minimum absolute atomic E-state index is 0.0984. The van der Waals surface area contributed by atoms with Gasteiger partial charge in [-0.2, -0.15) is 0 Å². The summed E-state index contributed by atoms with van der Waals surface area (Å²) in [5, 5.41) is 4.69. The number of nitrogens with one attached hydrogen (secondary N) is 1. The molecular formula is C25H21N5S. The monoisotopic (exact) mass is 423 g/mol. The van der Waals surface area contributed by atoms with Crippen molar-refractivity contribution in [1.82, 2.24) is 19.4 Å². The number of aromatic nitrogens is 4. The Bertz CT molecular complexity index is 1460. The van der Waals surface area contributed by atoms with E-state index < -0.39 is 0 Å². The third-order valence-electron chi connectivity index (χ3n) is 4.70. The Morgan fingerprint density at radius 2 is 1.94 bits per heavy atom. The van der Waals surface area contributed by atoms with Crippen LogP contribution in [0.1, 0.15) is 31.2 Å². The summed E-state index contributed by atoms with van der Waals surface area (Å²) >= 11 is 1.64. The third-order valence-corrected chi connectivity index (χ3v) is 5.70. The van der Waals surface area contributed by atoms with Crippen LogP contribution >= 0.6 is 11.3 Å². The molecule has 31 heavy (non-hydrogen) atoms. The quantitative estimate of drug-likeness (QED) is 0.375. The molecule has 4 aromatic heterocycles. The lowest BCUT2D eigenvalue weighted by Gasteiger charge is -2.22. The van der Waals surface area contributed by atoms with Gasteiger partial charge in [-0.05, 0) is 57.2 Å². The van der Waals surface area contributed by atoms with E-state index in [9.17, 15) is 0 Å². The van der Waals surface area contributed by atoms with E-state index in [4.69, 9.17) is 4.98 Å². The molecule has 0 radical (unpaired) electrons. The second-order valence-electron chi connectivity index (χ2n) is 8.31. The second-order valence-corrected chi connectivity index (χ2v) is 9.40. The summed E-state index contributed by atoms with van der Waals surface area (Å²) in [4.78, 5) is 15.5. The molecule has 0 aliphatic carbocycles. The first-order chi connectivity index (χ1) is 15.0. The van der Waals surface area contributed by atoms with Crippen LogP contribution in [0.3, 0.4) is 0 Å². The average Bonchev–Trinajstić information content (AvgIpc) is 3.36. The molecule has 0 amide bonds. The van der Waals surface area contributed by atoms with Crippen molar-refractivity contribution in [3.63, 3.8) is 0 Å². The van der Waals surface area contributed by atoms with Gasteiger partial charge in [0.05, 0.1) is 21.5 Å². The molecule has 0 aliphatic rings. The van der Waals surface area contributed by atoms with Crippen molar-refractivity contribution in [3.8, 4) is 22.4 Å². The van der Waals surface area contributed by atoms with E-state index in [0.29, 0.717) is 0 Å². The summed E-state index contributed by atoms with van der Waals surface area (Å²) in [6.07, 6.45) is 7.29. The minimum atomic E-state index is -0.0984. The van der Waals surface area contributed by atoms with E-state index in [1.165, 1.54) is 0 Å². The highest BCUT2D eigenvalue weighted by atomic mass is 32.1. The molecule has 5 rings (SSSR count). The van der Waals surface area contributed by atoms with Crippen molar-refractivity contribution in [1.29, 1.82) is 0 Å². The van der Waals surface area contributed by atoms with Crippen molar-refractivity contribution < 1.29 is 0 Å². The maximum atomic E-state index is 4.83. The topological polar surface area (TPSA) is 55.1 Å². The highest BCUT2D eigenvalue weighted by molar-refractivity contribution is 7.16. The lowest BCUT2D eigenvalue weighted by atomic mass is 10.1. The van der Waals surface area contributed by atoms with E-state index in [-0.39, 0.29) is 5.54 Å². The SMILES string of the molecule is CC(C)(C)Nc1c(-c2ccc(C#Cc3ccc4ncccc4c3)s2)nc2cnccn12. The van der Waals surface area contributed by atoms with Gasteiger partial charge < -0.3 is 5.32 Å². The zero-order valence-corrected chi connectivity index (χ0v) is 18.4. The molecule has 0 unspecified atom stereocenters. The van der Waals surface area contributed by atoms with Crippen LogP contribution in [-0.2, 0) is 0 Å². The van der Waals surface area contributed by atoms with Crippen LogP contribution in [0, 0.1) is 11.8 Å². The van der Waals surface area contributed by atoms with Gasteiger partial charge in [-0.15, -0.1) is 11.3 Å². The van der Waals surface area contributed by atoms with E-state index in [0.717, 1.165) is 43.4 Å². The van der Waals surface area contributed by atoms with Crippen molar-refractivity contribution in [2.75, 3.05) is 5.32 Å². The number of hydrogen-bond donors (Lipinski definition) is 1. The summed E-state index contributed by atoms with van der Waals surface area (Å²) in [6.45, 7) is 6.42. The Morgan fingerprint density at radius 1 is 1.03 bits per heavy atom. The van der Waals surface area contributed by atoms with Gasteiger partial charge in [-0.3, -0.25) is 14.4 Å². The molecule has 0 atom stereocenters. The number of nitrogens with zero attached hydrogens (tertiary/aromatic N) is 4. The fourth-order valence-electron chi connectivity index (χ4n) is 3.37. The summed E-state index contributed by atoms with van der Waals surface area (Å²) in [6, 6.07) is 14.2. The molecule has 1 aromatic carbocycles. The molecule has 0 fully saturated rings. The van der Waals surface area contributed by atoms with Gasteiger partial charge in [0.2, 0.25) is 0 Å². The Labute approximate surface area is 184 Å². The molecule has 0 saturated heterocycles. The third kappa shape index (κ3) is 4.00. The predicted molar refractivity (Wildman–Crippen MR) is 127 cm³/mol. The van der Waals surface area contributed by atoms with Gasteiger partial charge in [-0.25, -0.2) is 4.98 Å². The normalized spacial score (nSPS) is 11.5. The zero-order valence-electron chi connectivity index (χ0n) is 17.5. The van der Waals surface area contributed by atoms with Crippen LogP contribution in [0.2, 0.25) is 0 Å². The number of imidazole rings is 1. The van der Waals surface area contributed by atoms with Gasteiger partial charge in [0.15, 0.2) is 5.65 Å². The summed E-state index contributed by atoms with van der Waals surface area (Å²) in [5.41, 5.74) is 3.59. The number of anilines is 1. The molecular weight excluding hydrogens is 402 g/mol. The first kappa shape index (κ1) is 19.3. The first-order valence-electron chi connectivity index (χ1n) is 10.0. The van der Waals surface area contributed by atoms with Crippen molar-refractivity contribution in [2.24, 2.45) is 0 Å². The molecule has 0 bridgehead atoms. The van der Waals surface area contributed by atoms with Crippen LogP contribution in [0.15, 0.2) is 67.3 Å². The Balaban J connectivity index is 1.50. The summed E-state index contributed by atoms with van der Waals surface area (Å²) in [7, 11) is 0. The largest absolute Gasteiger partial charge is 0.365 e. The Hall–Kier alpha value is -3.69. The van der Waals surface area contributed by atoms with Crippen LogP contribution < -0.4 is 5.32 Å². The number of rotatable bonds is 2. The molecule has 4 heterocycles. The summed E-state index contributed by atoms with van der Waals surface area (Å²) in [5.74, 6) is 7.54. The zero-order chi connectivity index (χ0) is 21.4. The first-order valence-corrected chi connectivity index (χ1v) is 10.9. The van der Waals surface area contributed by atoms with Crippen LogP contribution in [0.5, 0.6) is 0 Å². The molecule has 6 heteroatoms. The van der Waals surface area contributed by atoms with E-state index in [1.807, 2.05) is 28.8 Å². The number of thiophene rings is 1. The van der Waals surface area contributed by atoms with E-state index >= 15 is 0 Å². The van der Waals surface area contributed by atoms with Crippen LogP contribution in [-0.4, -0.2) is 24.9 Å². The van der Waals surface area contributed by atoms with E-state index in [1.54, 1.807) is 29.9 Å². The molecule has 5 aromatic rings. The molecule has 152 valence electrons. The Kier molecular flexibility index (Phi) is 4.68. The van der Waals surface area contributed by atoms with Gasteiger partial charge in [-0.1, -0.05) is 17.9 Å². The molecule has 1 N–H and O–H groups in total. The van der Waals surface area contributed by atoms with Crippen LogP contribution in [0.25, 0.3) is 27.1 Å². The maximum absolute atomic E-state index is 4.83. The number of fused-ring (bicyclic) bond motifs is 2. The van der Waals surface area contributed by atoms with E-state index in [2.05, 4.69) is 72.2 Å². The average molecular weight is 424 g/mol. The summed E-state index contributed by atoms with van der Waals surface area (Å²) < 4.78 is 2.04. The predicted octanol–water partition coefficient (Wildman–Crippen LogP) is 5.62. The van der Waals surface area contributed by atoms with Gasteiger partial charge in [0.25, 0.3) is 0 Å². The molecule has 0 spiro atoms. The highest BCUT2D eigenvalue weighted by Gasteiger charge is 2.20. The number of benzene rings is 1. The van der Waals surface area contributed by atoms with Crippen molar-refractivity contribution in [3.05, 3.63) is 77.7 Å². The minimum Gasteiger partial charge on any atom is -0.365 e. The second kappa shape index (κ2) is 7.53. The molecule has 5 nitrogen and oxygen atoms in total. The highest BCUT2D eigenvalue weighted by Crippen LogP contribution is 2.34. The molecule has 0 aliphatic heterocycles. The smallest absolute Gasteiger partial charge is 0.157 e. The fraction of sp³-hybridized carbons (Fsp3) is 0.160. The Morgan fingerprint density at radius 3 is 2.81 bits per heavy atom. The molecule has 0 saturated carbocycles. The van der Waals surface area contributed by atoms with Gasteiger partial charge in [0.1, 0.15) is 11.5 Å². The van der Waals surface area contributed by atoms with Crippen LogP contribution in [0.4, 0.5) is 5.82 Å². The van der Waals surface area contributed by atoms with Crippen molar-refractivity contribution >= 4 is 33.7 Å². The lowest BCUT2D eigenvalue weighted by molar-refractivity contribution is 0.629.